The van der Waals surface area contributed by atoms with Crippen LogP contribution in [0.4, 0.5) is 5.69 Å². The number of carboxylic acid groups (broad SMARTS) is 1. The molecule has 5 nitrogen and oxygen atoms in total. The molecule has 0 unspecified atom stereocenters. The highest BCUT2D eigenvalue weighted by Crippen LogP contribution is 2.28. The van der Waals surface area contributed by atoms with Crippen molar-refractivity contribution in [2.24, 2.45) is 5.92 Å². The maximum Gasteiger partial charge on any atom is 0.306 e. The Labute approximate surface area is 147 Å². The van der Waals surface area contributed by atoms with Crippen LogP contribution in [0.1, 0.15) is 31.2 Å². The Kier molecular flexibility index (Phi) is 5.98. The molecule has 0 amide bonds. The molecule has 1 heterocycles. The van der Waals surface area contributed by atoms with Gasteiger partial charge in [0.1, 0.15) is 0 Å². The van der Waals surface area contributed by atoms with Crippen LogP contribution in [0.15, 0.2) is 18.2 Å². The minimum absolute atomic E-state index is 0.176. The maximum absolute atomic E-state index is 11.0. The standard InChI is InChI=1S/C18H25ClN2O3/c19-17-6-5-16(11-14(17)12-21-7-9-24-10-8-21)20-15-3-1-13(2-4-15)18(22)23/h5-6,11,13,15,20H,1-4,7-10,12H2,(H,22,23). The zero-order valence-electron chi connectivity index (χ0n) is 13.8. The van der Waals surface area contributed by atoms with Gasteiger partial charge in [-0.15, -0.1) is 0 Å². The average Bonchev–Trinajstić information content (AvgIpc) is 2.59. The Balaban J connectivity index is 1.58. The van der Waals surface area contributed by atoms with E-state index < -0.39 is 5.97 Å². The van der Waals surface area contributed by atoms with Crippen molar-refractivity contribution in [3.8, 4) is 0 Å². The molecule has 2 N–H and O–H groups in total. The summed E-state index contributed by atoms with van der Waals surface area (Å²) in [4.78, 5) is 13.4. The molecule has 132 valence electrons. The van der Waals surface area contributed by atoms with Gasteiger partial charge in [-0.3, -0.25) is 9.69 Å². The summed E-state index contributed by atoms with van der Waals surface area (Å²) in [7, 11) is 0. The number of ether oxygens (including phenoxy) is 1. The van der Waals surface area contributed by atoms with Crippen molar-refractivity contribution in [2.45, 2.75) is 38.3 Å². The zero-order valence-corrected chi connectivity index (χ0v) is 14.6. The topological polar surface area (TPSA) is 61.8 Å². The molecule has 0 atom stereocenters. The van der Waals surface area contributed by atoms with Crippen molar-refractivity contribution < 1.29 is 14.6 Å². The molecule has 24 heavy (non-hydrogen) atoms. The largest absolute Gasteiger partial charge is 0.481 e. The molecule has 1 aliphatic carbocycles. The number of rotatable bonds is 5. The van der Waals surface area contributed by atoms with Gasteiger partial charge in [-0.1, -0.05) is 11.6 Å². The molecule has 2 aliphatic rings. The van der Waals surface area contributed by atoms with Crippen LogP contribution in [0.3, 0.4) is 0 Å². The number of hydrogen-bond acceptors (Lipinski definition) is 4. The van der Waals surface area contributed by atoms with Crippen LogP contribution in [0.25, 0.3) is 0 Å². The van der Waals surface area contributed by atoms with Gasteiger partial charge in [0.05, 0.1) is 19.1 Å². The summed E-state index contributed by atoms with van der Waals surface area (Å²) >= 11 is 6.36. The molecule has 1 saturated heterocycles. The predicted molar refractivity (Wildman–Crippen MR) is 94.6 cm³/mol. The fraction of sp³-hybridized carbons (Fsp3) is 0.611. The van der Waals surface area contributed by atoms with Gasteiger partial charge in [0.25, 0.3) is 0 Å². The molecule has 2 fully saturated rings. The first-order chi connectivity index (χ1) is 11.6. The van der Waals surface area contributed by atoms with Gasteiger partial charge < -0.3 is 15.2 Å². The number of nitrogens with zero attached hydrogens (tertiary/aromatic N) is 1. The fourth-order valence-corrected chi connectivity index (χ4v) is 3.68. The minimum atomic E-state index is -0.659. The molecule has 0 bridgehead atoms. The molecular weight excluding hydrogens is 328 g/mol. The van der Waals surface area contributed by atoms with Crippen LogP contribution in [0.2, 0.25) is 5.02 Å². The molecule has 6 heteroatoms. The Bertz CT molecular complexity index is 567. The fourth-order valence-electron chi connectivity index (χ4n) is 3.51. The first-order valence-electron chi connectivity index (χ1n) is 8.69. The first kappa shape index (κ1) is 17.5. The normalized spacial score (nSPS) is 25.4. The Hall–Kier alpha value is -1.30. The van der Waals surface area contributed by atoms with Crippen LogP contribution < -0.4 is 5.32 Å². The number of benzene rings is 1. The van der Waals surface area contributed by atoms with Gasteiger partial charge in [-0.05, 0) is 49.4 Å². The number of halogens is 1. The first-order valence-corrected chi connectivity index (χ1v) is 9.07. The van der Waals surface area contributed by atoms with E-state index in [0.29, 0.717) is 6.04 Å². The van der Waals surface area contributed by atoms with E-state index in [1.54, 1.807) is 0 Å². The Morgan fingerprint density at radius 1 is 1.25 bits per heavy atom. The highest BCUT2D eigenvalue weighted by atomic mass is 35.5. The second kappa shape index (κ2) is 8.19. The van der Waals surface area contributed by atoms with Crippen molar-refractivity contribution in [3.63, 3.8) is 0 Å². The number of anilines is 1. The molecule has 1 aromatic carbocycles. The van der Waals surface area contributed by atoms with Crippen molar-refractivity contribution in [2.75, 3.05) is 31.6 Å². The summed E-state index contributed by atoms with van der Waals surface area (Å²) in [5.41, 5.74) is 2.20. The minimum Gasteiger partial charge on any atom is -0.481 e. The number of carbonyl (C=O) groups is 1. The second-order valence-electron chi connectivity index (χ2n) is 6.73. The summed E-state index contributed by atoms with van der Waals surface area (Å²) in [6.45, 7) is 4.27. The number of aliphatic carboxylic acids is 1. The number of carboxylic acids is 1. The van der Waals surface area contributed by atoms with Gasteiger partial charge in [-0.25, -0.2) is 0 Å². The van der Waals surface area contributed by atoms with Crippen LogP contribution >= 0.6 is 11.6 Å². The summed E-state index contributed by atoms with van der Waals surface area (Å²) in [6, 6.07) is 6.43. The molecule has 1 aliphatic heterocycles. The van der Waals surface area contributed by atoms with Crippen LogP contribution in [-0.4, -0.2) is 48.3 Å². The molecule has 0 radical (unpaired) electrons. The van der Waals surface area contributed by atoms with Crippen molar-refractivity contribution in [1.82, 2.24) is 4.90 Å². The van der Waals surface area contributed by atoms with Crippen LogP contribution in [0.5, 0.6) is 0 Å². The molecule has 1 aromatic rings. The molecule has 1 saturated carbocycles. The highest BCUT2D eigenvalue weighted by Gasteiger charge is 2.25. The SMILES string of the molecule is O=C(O)C1CCC(Nc2ccc(Cl)c(CN3CCOCC3)c2)CC1. The van der Waals surface area contributed by atoms with Gasteiger partial charge in [0.15, 0.2) is 0 Å². The lowest BCUT2D eigenvalue weighted by Crippen LogP contribution is -2.35. The third-order valence-corrected chi connectivity index (χ3v) is 5.36. The Morgan fingerprint density at radius 2 is 1.96 bits per heavy atom. The van der Waals surface area contributed by atoms with Gasteiger partial charge in [0, 0.05) is 36.4 Å². The summed E-state index contributed by atoms with van der Waals surface area (Å²) < 4.78 is 5.39. The third kappa shape index (κ3) is 4.62. The van der Waals surface area contributed by atoms with E-state index in [-0.39, 0.29) is 5.92 Å². The number of nitrogens with one attached hydrogen (secondary N) is 1. The van der Waals surface area contributed by atoms with Crippen LogP contribution in [-0.2, 0) is 16.1 Å². The molecule has 0 spiro atoms. The monoisotopic (exact) mass is 352 g/mol. The van der Waals surface area contributed by atoms with Crippen molar-refractivity contribution in [1.29, 1.82) is 0 Å². The molecule has 3 rings (SSSR count). The zero-order chi connectivity index (χ0) is 16.9. The summed E-state index contributed by atoms with van der Waals surface area (Å²) in [5.74, 6) is -0.835. The summed E-state index contributed by atoms with van der Waals surface area (Å²) in [5, 5.41) is 13.4. The van der Waals surface area contributed by atoms with Gasteiger partial charge in [-0.2, -0.15) is 0 Å². The lowest BCUT2D eigenvalue weighted by Gasteiger charge is -2.29. The van der Waals surface area contributed by atoms with Crippen LogP contribution in [0, 0.1) is 5.92 Å². The van der Waals surface area contributed by atoms with E-state index in [9.17, 15) is 4.79 Å². The van der Waals surface area contributed by atoms with E-state index in [0.717, 1.165) is 74.8 Å². The van der Waals surface area contributed by atoms with Crippen molar-refractivity contribution >= 4 is 23.3 Å². The van der Waals surface area contributed by atoms with E-state index >= 15 is 0 Å². The second-order valence-corrected chi connectivity index (χ2v) is 7.13. The van der Waals surface area contributed by atoms with Gasteiger partial charge in [0.2, 0.25) is 0 Å². The van der Waals surface area contributed by atoms with Crippen molar-refractivity contribution in [3.05, 3.63) is 28.8 Å². The highest BCUT2D eigenvalue weighted by molar-refractivity contribution is 6.31. The predicted octanol–water partition coefficient (Wildman–Crippen LogP) is 3.23. The lowest BCUT2D eigenvalue weighted by atomic mass is 9.86. The van der Waals surface area contributed by atoms with E-state index in [4.69, 9.17) is 21.4 Å². The molecule has 0 aromatic heterocycles. The van der Waals surface area contributed by atoms with E-state index in [2.05, 4.69) is 16.3 Å². The average molecular weight is 353 g/mol. The number of hydrogen-bond donors (Lipinski definition) is 2. The lowest BCUT2D eigenvalue weighted by molar-refractivity contribution is -0.142. The molecular formula is C18H25ClN2O3. The van der Waals surface area contributed by atoms with Gasteiger partial charge >= 0.3 is 5.97 Å². The third-order valence-electron chi connectivity index (χ3n) is 4.99. The summed E-state index contributed by atoms with van der Waals surface area (Å²) in [6.07, 6.45) is 3.30. The Morgan fingerprint density at radius 3 is 2.62 bits per heavy atom. The maximum atomic E-state index is 11.0. The van der Waals surface area contributed by atoms with E-state index in [1.165, 1.54) is 0 Å². The van der Waals surface area contributed by atoms with E-state index in [1.807, 2.05) is 12.1 Å². The smallest absolute Gasteiger partial charge is 0.306 e. The number of morpholine rings is 1. The quantitative estimate of drug-likeness (QED) is 0.852.